The van der Waals surface area contributed by atoms with E-state index >= 15 is 0 Å². The first-order valence-electron chi connectivity index (χ1n) is 9.08. The van der Waals surface area contributed by atoms with Crippen molar-refractivity contribution < 1.29 is 19.1 Å². The molecule has 4 nitrogen and oxygen atoms in total. The molecule has 0 aromatic rings. The SMILES string of the molecule is CCCC1C(=O)C(CCC/C=C/C=C/C=C/C(=O)OCC)=CC1OC. The quantitative estimate of drug-likeness (QED) is 0.242. The summed E-state index contributed by atoms with van der Waals surface area (Å²) < 4.78 is 10.2. The fourth-order valence-corrected chi connectivity index (χ4v) is 2.87. The first-order chi connectivity index (χ1) is 12.1. The van der Waals surface area contributed by atoms with Gasteiger partial charge in [-0.15, -0.1) is 0 Å². The van der Waals surface area contributed by atoms with E-state index in [4.69, 9.17) is 9.47 Å². The van der Waals surface area contributed by atoms with Gasteiger partial charge < -0.3 is 9.47 Å². The summed E-state index contributed by atoms with van der Waals surface area (Å²) in [5, 5.41) is 0. The first kappa shape index (κ1) is 21.1. The van der Waals surface area contributed by atoms with E-state index in [1.807, 2.05) is 18.2 Å². The minimum atomic E-state index is -0.332. The van der Waals surface area contributed by atoms with Crippen molar-refractivity contribution in [2.75, 3.05) is 13.7 Å². The molecule has 0 N–H and O–H groups in total. The van der Waals surface area contributed by atoms with Gasteiger partial charge in [-0.1, -0.05) is 43.7 Å². The third kappa shape index (κ3) is 7.65. The maximum atomic E-state index is 12.4. The summed E-state index contributed by atoms with van der Waals surface area (Å²) in [7, 11) is 1.67. The Morgan fingerprint density at radius 1 is 1.20 bits per heavy atom. The normalized spacial score (nSPS) is 20.9. The second-order valence-corrected chi connectivity index (χ2v) is 5.97. The minimum Gasteiger partial charge on any atom is -0.463 e. The van der Waals surface area contributed by atoms with Crippen LogP contribution < -0.4 is 0 Å². The molecule has 138 valence electrons. The third-order valence-corrected chi connectivity index (χ3v) is 4.09. The zero-order valence-electron chi connectivity index (χ0n) is 15.6. The number of ketones is 1. The lowest BCUT2D eigenvalue weighted by molar-refractivity contribution is -0.137. The van der Waals surface area contributed by atoms with E-state index < -0.39 is 0 Å². The molecule has 4 heteroatoms. The smallest absolute Gasteiger partial charge is 0.330 e. The van der Waals surface area contributed by atoms with Crippen LogP contribution in [0.25, 0.3) is 0 Å². The van der Waals surface area contributed by atoms with Crippen LogP contribution in [0.5, 0.6) is 0 Å². The molecule has 0 amide bonds. The Morgan fingerprint density at radius 3 is 2.64 bits per heavy atom. The highest BCUT2D eigenvalue weighted by atomic mass is 16.5. The van der Waals surface area contributed by atoms with Gasteiger partial charge in [-0.05, 0) is 44.3 Å². The van der Waals surface area contributed by atoms with Gasteiger partial charge in [0.15, 0.2) is 5.78 Å². The molecule has 0 spiro atoms. The number of unbranched alkanes of at least 4 members (excludes halogenated alkanes) is 1. The molecule has 2 unspecified atom stereocenters. The monoisotopic (exact) mass is 346 g/mol. The van der Waals surface area contributed by atoms with Crippen LogP contribution in [0.15, 0.2) is 48.1 Å². The van der Waals surface area contributed by atoms with E-state index in [2.05, 4.69) is 13.0 Å². The van der Waals surface area contributed by atoms with Gasteiger partial charge in [-0.25, -0.2) is 4.79 Å². The fourth-order valence-electron chi connectivity index (χ4n) is 2.87. The molecule has 0 saturated heterocycles. The van der Waals surface area contributed by atoms with Crippen molar-refractivity contribution in [3.8, 4) is 0 Å². The van der Waals surface area contributed by atoms with Crippen LogP contribution in [-0.2, 0) is 19.1 Å². The third-order valence-electron chi connectivity index (χ3n) is 4.09. The van der Waals surface area contributed by atoms with E-state index in [-0.39, 0.29) is 23.8 Å². The Labute approximate surface area is 151 Å². The molecule has 1 aliphatic rings. The maximum absolute atomic E-state index is 12.4. The van der Waals surface area contributed by atoms with Crippen molar-refractivity contribution in [1.29, 1.82) is 0 Å². The summed E-state index contributed by atoms with van der Waals surface area (Å²) in [6.45, 7) is 4.26. The molecule has 0 aromatic heterocycles. The molecule has 0 aromatic carbocycles. The summed E-state index contributed by atoms with van der Waals surface area (Å²) in [6, 6.07) is 0. The summed E-state index contributed by atoms with van der Waals surface area (Å²) in [5.74, 6) is -0.0577. The maximum Gasteiger partial charge on any atom is 0.330 e. The molecule has 0 saturated carbocycles. The number of allylic oxidation sites excluding steroid dienone is 6. The lowest BCUT2D eigenvalue weighted by Gasteiger charge is -2.15. The average molecular weight is 346 g/mol. The van der Waals surface area contributed by atoms with Gasteiger partial charge in [0.1, 0.15) is 0 Å². The number of Topliss-reactive ketones (excluding diaryl/α,β-unsaturated/α-hetero) is 1. The second kappa shape index (κ2) is 12.4. The highest BCUT2D eigenvalue weighted by Crippen LogP contribution is 2.30. The van der Waals surface area contributed by atoms with Crippen LogP contribution in [0.1, 0.15) is 46.0 Å². The van der Waals surface area contributed by atoms with E-state index in [1.54, 1.807) is 26.2 Å². The Balaban J connectivity index is 2.29. The van der Waals surface area contributed by atoms with Crippen molar-refractivity contribution in [1.82, 2.24) is 0 Å². The molecule has 0 heterocycles. The largest absolute Gasteiger partial charge is 0.463 e. The van der Waals surface area contributed by atoms with Crippen LogP contribution in [0.2, 0.25) is 0 Å². The number of esters is 1. The number of methoxy groups -OCH3 is 1. The summed E-state index contributed by atoms with van der Waals surface area (Å²) >= 11 is 0. The number of carbonyl (C=O) groups is 2. The molecule has 0 bridgehead atoms. The van der Waals surface area contributed by atoms with Gasteiger partial charge >= 0.3 is 5.97 Å². The van der Waals surface area contributed by atoms with Crippen LogP contribution in [0.4, 0.5) is 0 Å². The number of hydrogen-bond acceptors (Lipinski definition) is 4. The molecular formula is C21H30O4. The van der Waals surface area contributed by atoms with Crippen LogP contribution in [0, 0.1) is 5.92 Å². The van der Waals surface area contributed by atoms with Crippen LogP contribution in [-0.4, -0.2) is 31.6 Å². The van der Waals surface area contributed by atoms with Crippen LogP contribution >= 0.6 is 0 Å². The molecule has 25 heavy (non-hydrogen) atoms. The molecule has 2 atom stereocenters. The van der Waals surface area contributed by atoms with E-state index in [9.17, 15) is 9.59 Å². The van der Waals surface area contributed by atoms with Crippen LogP contribution in [0.3, 0.4) is 0 Å². The summed E-state index contributed by atoms with van der Waals surface area (Å²) in [4.78, 5) is 23.5. The number of rotatable bonds is 11. The summed E-state index contributed by atoms with van der Waals surface area (Å²) in [6.07, 6.45) is 17.2. The van der Waals surface area contributed by atoms with Crippen molar-refractivity contribution in [2.45, 2.75) is 52.1 Å². The van der Waals surface area contributed by atoms with E-state index in [0.29, 0.717) is 6.61 Å². The molecular weight excluding hydrogens is 316 g/mol. The topological polar surface area (TPSA) is 52.6 Å². The number of carbonyl (C=O) groups excluding carboxylic acids is 2. The zero-order chi connectivity index (χ0) is 18.5. The summed E-state index contributed by atoms with van der Waals surface area (Å²) in [5.41, 5.74) is 0.923. The van der Waals surface area contributed by atoms with Crippen molar-refractivity contribution >= 4 is 11.8 Å². The van der Waals surface area contributed by atoms with Crippen molar-refractivity contribution in [3.05, 3.63) is 48.1 Å². The highest BCUT2D eigenvalue weighted by molar-refractivity contribution is 6.00. The van der Waals surface area contributed by atoms with Crippen molar-refractivity contribution in [2.24, 2.45) is 5.92 Å². The zero-order valence-corrected chi connectivity index (χ0v) is 15.6. The van der Waals surface area contributed by atoms with Gasteiger partial charge in [-0.2, -0.15) is 0 Å². The Hall–Kier alpha value is -1.94. The van der Waals surface area contributed by atoms with Gasteiger partial charge in [-0.3, -0.25) is 4.79 Å². The van der Waals surface area contributed by atoms with Gasteiger partial charge in [0.05, 0.1) is 18.6 Å². The van der Waals surface area contributed by atoms with E-state index in [0.717, 1.165) is 37.7 Å². The lowest BCUT2D eigenvalue weighted by Crippen LogP contribution is -2.22. The molecule has 1 rings (SSSR count). The first-order valence-corrected chi connectivity index (χ1v) is 9.08. The highest BCUT2D eigenvalue weighted by Gasteiger charge is 2.34. The van der Waals surface area contributed by atoms with Crippen molar-refractivity contribution in [3.63, 3.8) is 0 Å². The second-order valence-electron chi connectivity index (χ2n) is 5.97. The number of hydrogen-bond donors (Lipinski definition) is 0. The molecule has 0 aliphatic heterocycles. The lowest BCUT2D eigenvalue weighted by atomic mass is 9.95. The molecule has 1 aliphatic carbocycles. The molecule has 0 fully saturated rings. The molecule has 0 radical (unpaired) electrons. The average Bonchev–Trinajstić information content (AvgIpc) is 2.90. The Kier molecular flexibility index (Phi) is 10.5. The fraction of sp³-hybridized carbons (Fsp3) is 0.524. The standard InChI is InChI=1S/C21H30O4/c1-4-13-18-19(24-3)16-17(21(18)23)14-11-9-7-6-8-10-12-15-20(22)25-5-2/h6-8,10,12,15-16,18-19H,4-5,9,11,13-14H2,1-3H3/b7-6+,10-8+,15-12+. The Bertz CT molecular complexity index is 540. The minimum absolute atomic E-state index is 0.00895. The number of ether oxygens (including phenoxy) is 2. The van der Waals surface area contributed by atoms with Gasteiger partial charge in [0.25, 0.3) is 0 Å². The van der Waals surface area contributed by atoms with Gasteiger partial charge in [0.2, 0.25) is 0 Å². The van der Waals surface area contributed by atoms with E-state index in [1.165, 1.54) is 6.08 Å². The predicted molar refractivity (Wildman–Crippen MR) is 100 cm³/mol. The predicted octanol–water partition coefficient (Wildman–Crippen LogP) is 4.33. The van der Waals surface area contributed by atoms with Gasteiger partial charge in [0, 0.05) is 13.2 Å². The Morgan fingerprint density at radius 2 is 1.96 bits per heavy atom.